The lowest BCUT2D eigenvalue weighted by atomic mass is 10.1. The minimum absolute atomic E-state index is 0.0485. The first-order valence-electron chi connectivity index (χ1n) is 9.09. The van der Waals surface area contributed by atoms with E-state index < -0.39 is 12.7 Å². The van der Waals surface area contributed by atoms with Crippen LogP contribution in [-0.2, 0) is 11.3 Å². The number of rotatable bonds is 8. The van der Waals surface area contributed by atoms with Gasteiger partial charge in [-0.1, -0.05) is 11.8 Å². The number of hydrogen-bond donors (Lipinski definition) is 0. The smallest absolute Gasteiger partial charge is 0.406 e. The topological polar surface area (TPSA) is 69.5 Å². The van der Waals surface area contributed by atoms with Crippen molar-refractivity contribution in [1.82, 2.24) is 14.8 Å². The van der Waals surface area contributed by atoms with Gasteiger partial charge in [0.05, 0.1) is 25.6 Å². The molecule has 29 heavy (non-hydrogen) atoms. The number of benzene rings is 1. The fraction of sp³-hybridized carbons (Fsp3) is 0.500. The second-order valence-corrected chi connectivity index (χ2v) is 7.20. The number of thioether (sulfide) groups is 1. The van der Waals surface area contributed by atoms with Gasteiger partial charge in [0, 0.05) is 18.7 Å². The van der Waals surface area contributed by atoms with Crippen molar-refractivity contribution in [2.45, 2.75) is 24.8 Å². The highest BCUT2D eigenvalue weighted by Gasteiger charge is 2.33. The van der Waals surface area contributed by atoms with E-state index in [-0.39, 0.29) is 22.6 Å². The van der Waals surface area contributed by atoms with Crippen LogP contribution in [0.25, 0.3) is 0 Å². The molecule has 1 aliphatic heterocycles. The lowest BCUT2D eigenvalue weighted by molar-refractivity contribution is -0.141. The van der Waals surface area contributed by atoms with E-state index in [0.29, 0.717) is 44.2 Å². The van der Waals surface area contributed by atoms with Crippen LogP contribution in [-0.4, -0.2) is 65.4 Å². The number of nitrogens with zero attached hydrogens (tertiary/aromatic N) is 4. The van der Waals surface area contributed by atoms with Crippen LogP contribution < -0.4 is 9.64 Å². The third kappa shape index (κ3) is 5.86. The van der Waals surface area contributed by atoms with Crippen molar-refractivity contribution in [3.05, 3.63) is 29.8 Å². The van der Waals surface area contributed by atoms with Crippen LogP contribution in [0.2, 0.25) is 0 Å². The number of aromatic nitrogens is 3. The van der Waals surface area contributed by atoms with Crippen molar-refractivity contribution in [3.63, 3.8) is 0 Å². The molecule has 0 saturated carbocycles. The minimum Gasteiger partial charge on any atom is -0.494 e. The quantitative estimate of drug-likeness (QED) is 0.471. The predicted octanol–water partition coefficient (Wildman–Crippen LogP) is 3.05. The summed E-state index contributed by atoms with van der Waals surface area (Å²) in [5.41, 5.74) is 0.455. The second kappa shape index (κ2) is 9.49. The van der Waals surface area contributed by atoms with Crippen LogP contribution >= 0.6 is 11.8 Å². The zero-order chi connectivity index (χ0) is 20.9. The van der Waals surface area contributed by atoms with Crippen molar-refractivity contribution in [3.8, 4) is 5.75 Å². The molecule has 0 amide bonds. The number of anilines is 1. The lowest BCUT2D eigenvalue weighted by Crippen LogP contribution is -2.38. The summed E-state index contributed by atoms with van der Waals surface area (Å²) >= 11 is 0.941. The number of carbonyl (C=O) groups is 1. The first-order valence-corrected chi connectivity index (χ1v) is 10.1. The van der Waals surface area contributed by atoms with E-state index in [4.69, 9.17) is 9.47 Å². The molecule has 7 nitrogen and oxygen atoms in total. The summed E-state index contributed by atoms with van der Waals surface area (Å²) in [7, 11) is 0. The molecule has 1 aliphatic rings. The van der Waals surface area contributed by atoms with Gasteiger partial charge in [-0.05, 0) is 31.2 Å². The molecule has 0 aliphatic carbocycles. The summed E-state index contributed by atoms with van der Waals surface area (Å²) in [6.07, 6.45) is -4.43. The Bertz CT molecular complexity index is 821. The molecular weight excluding hydrogens is 409 g/mol. The van der Waals surface area contributed by atoms with Gasteiger partial charge in [-0.3, -0.25) is 9.36 Å². The van der Waals surface area contributed by atoms with Crippen molar-refractivity contribution in [2.24, 2.45) is 0 Å². The first kappa shape index (κ1) is 21.4. The molecule has 0 spiro atoms. The molecule has 0 unspecified atom stereocenters. The molecule has 1 fully saturated rings. The molecule has 2 aromatic rings. The standard InChI is InChI=1S/C18H21F3N4O3S/c1-2-28-14-5-3-13(4-6-14)15(26)11-29-17-23-22-16(24-7-9-27-10-8-24)25(17)12-18(19,20)21/h3-6H,2,7-12H2,1H3. The van der Waals surface area contributed by atoms with Crippen LogP contribution in [0.4, 0.5) is 19.1 Å². The molecule has 3 rings (SSSR count). The lowest BCUT2D eigenvalue weighted by Gasteiger charge is -2.28. The summed E-state index contributed by atoms with van der Waals surface area (Å²) < 4.78 is 50.9. The van der Waals surface area contributed by atoms with E-state index in [9.17, 15) is 18.0 Å². The number of halogens is 3. The molecule has 2 heterocycles. The monoisotopic (exact) mass is 430 g/mol. The largest absolute Gasteiger partial charge is 0.494 e. The van der Waals surface area contributed by atoms with Crippen molar-refractivity contribution < 1.29 is 27.4 Å². The summed E-state index contributed by atoms with van der Waals surface area (Å²) in [4.78, 5) is 14.1. The van der Waals surface area contributed by atoms with Crippen LogP contribution in [0.1, 0.15) is 17.3 Å². The van der Waals surface area contributed by atoms with E-state index in [1.54, 1.807) is 29.2 Å². The number of ketones is 1. The number of Topliss-reactive ketones (excluding diaryl/α,β-unsaturated/α-hetero) is 1. The van der Waals surface area contributed by atoms with Crippen molar-refractivity contribution >= 4 is 23.5 Å². The fourth-order valence-corrected chi connectivity index (χ4v) is 3.65. The molecule has 1 saturated heterocycles. The van der Waals surface area contributed by atoms with E-state index in [1.165, 1.54) is 0 Å². The molecule has 158 valence electrons. The van der Waals surface area contributed by atoms with Gasteiger partial charge in [0.15, 0.2) is 10.9 Å². The van der Waals surface area contributed by atoms with Crippen molar-refractivity contribution in [2.75, 3.05) is 43.6 Å². The van der Waals surface area contributed by atoms with Crippen LogP contribution in [0, 0.1) is 0 Å². The highest BCUT2D eigenvalue weighted by molar-refractivity contribution is 7.99. The van der Waals surface area contributed by atoms with Gasteiger partial charge in [-0.2, -0.15) is 13.2 Å². The van der Waals surface area contributed by atoms with E-state index >= 15 is 0 Å². The molecule has 1 aromatic heterocycles. The normalized spacial score (nSPS) is 14.8. The third-order valence-corrected chi connectivity index (χ3v) is 5.12. The van der Waals surface area contributed by atoms with Gasteiger partial charge in [-0.25, -0.2) is 0 Å². The minimum atomic E-state index is -4.43. The SMILES string of the molecule is CCOc1ccc(C(=O)CSc2nnc(N3CCOCC3)n2CC(F)(F)F)cc1. The third-order valence-electron chi connectivity index (χ3n) is 4.15. The molecule has 0 N–H and O–H groups in total. The highest BCUT2D eigenvalue weighted by atomic mass is 32.2. The molecule has 0 atom stereocenters. The number of ether oxygens (including phenoxy) is 2. The number of morpholine rings is 1. The Morgan fingerprint density at radius 1 is 1.21 bits per heavy atom. The van der Waals surface area contributed by atoms with Gasteiger partial charge in [0.25, 0.3) is 0 Å². The number of alkyl halides is 3. The van der Waals surface area contributed by atoms with E-state index in [1.807, 2.05) is 6.92 Å². The average Bonchev–Trinajstić information content (AvgIpc) is 3.08. The van der Waals surface area contributed by atoms with E-state index in [0.717, 1.165) is 16.3 Å². The van der Waals surface area contributed by atoms with Crippen LogP contribution in [0.3, 0.4) is 0 Å². The maximum atomic E-state index is 13.1. The average molecular weight is 430 g/mol. The molecule has 0 radical (unpaired) electrons. The Hall–Kier alpha value is -2.27. The van der Waals surface area contributed by atoms with Gasteiger partial charge in [-0.15, -0.1) is 10.2 Å². The Labute approximate surface area is 170 Å². The summed E-state index contributed by atoms with van der Waals surface area (Å²) in [5.74, 6) is 0.526. The summed E-state index contributed by atoms with van der Waals surface area (Å²) in [6.45, 7) is 2.86. The molecule has 1 aromatic carbocycles. The Morgan fingerprint density at radius 2 is 1.90 bits per heavy atom. The summed E-state index contributed by atoms with van der Waals surface area (Å²) in [6, 6.07) is 6.63. The highest BCUT2D eigenvalue weighted by Crippen LogP contribution is 2.28. The molecular formula is C18H21F3N4O3S. The van der Waals surface area contributed by atoms with Gasteiger partial charge >= 0.3 is 6.18 Å². The van der Waals surface area contributed by atoms with Gasteiger partial charge in [0.1, 0.15) is 12.3 Å². The fourth-order valence-electron chi connectivity index (χ4n) is 2.82. The zero-order valence-electron chi connectivity index (χ0n) is 15.8. The van der Waals surface area contributed by atoms with Crippen LogP contribution in [0.15, 0.2) is 29.4 Å². The Balaban J connectivity index is 1.72. The first-order chi connectivity index (χ1) is 13.9. The van der Waals surface area contributed by atoms with Gasteiger partial charge < -0.3 is 14.4 Å². The maximum Gasteiger partial charge on any atom is 0.406 e. The van der Waals surface area contributed by atoms with Crippen LogP contribution in [0.5, 0.6) is 5.75 Å². The van der Waals surface area contributed by atoms with Crippen molar-refractivity contribution in [1.29, 1.82) is 0 Å². The number of carbonyl (C=O) groups excluding carboxylic acids is 1. The predicted molar refractivity (Wildman–Crippen MR) is 102 cm³/mol. The molecule has 11 heteroatoms. The van der Waals surface area contributed by atoms with Gasteiger partial charge in [0.2, 0.25) is 5.95 Å². The number of hydrogen-bond acceptors (Lipinski definition) is 7. The maximum absolute atomic E-state index is 13.1. The second-order valence-electron chi connectivity index (χ2n) is 6.25. The Kier molecular flexibility index (Phi) is 7.01. The molecule has 0 bridgehead atoms. The zero-order valence-corrected chi connectivity index (χ0v) is 16.6. The Morgan fingerprint density at radius 3 is 2.52 bits per heavy atom. The summed E-state index contributed by atoms with van der Waals surface area (Å²) in [5, 5.41) is 7.90. The van der Waals surface area contributed by atoms with E-state index in [2.05, 4.69) is 10.2 Å².